The Kier molecular flexibility index (Phi) is 4.86. The smallest absolute Gasteiger partial charge is 0.231 e. The summed E-state index contributed by atoms with van der Waals surface area (Å²) in [6, 6.07) is 7.83. The number of para-hydroxylation sites is 1. The third-order valence-electron chi connectivity index (χ3n) is 4.32. The fourth-order valence-electron chi connectivity index (χ4n) is 3.15. The summed E-state index contributed by atoms with van der Waals surface area (Å²) >= 11 is 0. The number of rotatable bonds is 7. The SMILES string of the molecule is C=C(C)N(CCCCn1cnc2c(N)nc3ccccc3c21)S(C)(=O)=O. The van der Waals surface area contributed by atoms with E-state index in [4.69, 9.17) is 5.73 Å². The van der Waals surface area contributed by atoms with Gasteiger partial charge in [0, 0.05) is 24.2 Å². The molecule has 0 amide bonds. The van der Waals surface area contributed by atoms with Crippen LogP contribution in [-0.4, -0.2) is 40.1 Å². The Bertz CT molecular complexity index is 1070. The molecule has 0 aliphatic heterocycles. The minimum absolute atomic E-state index is 0.419. The number of pyridine rings is 1. The van der Waals surface area contributed by atoms with Crippen LogP contribution in [0.1, 0.15) is 19.8 Å². The van der Waals surface area contributed by atoms with Gasteiger partial charge in [-0.2, -0.15) is 0 Å². The second kappa shape index (κ2) is 6.95. The highest BCUT2D eigenvalue weighted by molar-refractivity contribution is 7.88. The number of imidazole rings is 1. The summed E-state index contributed by atoms with van der Waals surface area (Å²) in [6.07, 6.45) is 4.49. The Labute approximate surface area is 153 Å². The quantitative estimate of drug-likeness (QED) is 0.643. The summed E-state index contributed by atoms with van der Waals surface area (Å²) in [6.45, 7) is 6.59. The van der Waals surface area contributed by atoms with Gasteiger partial charge < -0.3 is 10.3 Å². The normalized spacial score (nSPS) is 11.9. The van der Waals surface area contributed by atoms with Crippen molar-refractivity contribution in [2.24, 2.45) is 0 Å². The molecule has 0 spiro atoms. The molecule has 0 bridgehead atoms. The molecule has 138 valence electrons. The van der Waals surface area contributed by atoms with Gasteiger partial charge in [0.2, 0.25) is 10.0 Å². The number of unbranched alkanes of at least 4 members (excludes halogenated alkanes) is 1. The lowest BCUT2D eigenvalue weighted by molar-refractivity contribution is 0.458. The van der Waals surface area contributed by atoms with E-state index in [0.29, 0.717) is 23.6 Å². The molecule has 0 aliphatic rings. The first-order chi connectivity index (χ1) is 12.3. The molecule has 0 aliphatic carbocycles. The third kappa shape index (κ3) is 3.50. The summed E-state index contributed by atoms with van der Waals surface area (Å²) in [5.41, 5.74) is 9.08. The van der Waals surface area contributed by atoms with Crippen molar-refractivity contribution in [3.63, 3.8) is 0 Å². The number of anilines is 1. The van der Waals surface area contributed by atoms with E-state index < -0.39 is 10.0 Å². The molecule has 26 heavy (non-hydrogen) atoms. The Hall–Kier alpha value is -2.61. The van der Waals surface area contributed by atoms with Crippen LogP contribution in [-0.2, 0) is 16.6 Å². The summed E-state index contributed by atoms with van der Waals surface area (Å²) < 4.78 is 27.0. The largest absolute Gasteiger partial charge is 0.382 e. The zero-order chi connectivity index (χ0) is 18.9. The number of hydrogen-bond acceptors (Lipinski definition) is 5. The van der Waals surface area contributed by atoms with Crippen LogP contribution in [0.4, 0.5) is 5.82 Å². The molecule has 7 nitrogen and oxygen atoms in total. The highest BCUT2D eigenvalue weighted by atomic mass is 32.2. The fourth-order valence-corrected chi connectivity index (χ4v) is 4.18. The van der Waals surface area contributed by atoms with E-state index >= 15 is 0 Å². The average Bonchev–Trinajstić information content (AvgIpc) is 2.98. The molecule has 0 atom stereocenters. The van der Waals surface area contributed by atoms with Crippen molar-refractivity contribution >= 4 is 37.8 Å². The van der Waals surface area contributed by atoms with Gasteiger partial charge in [0.15, 0.2) is 5.82 Å². The number of fused-ring (bicyclic) bond motifs is 3. The summed E-state index contributed by atoms with van der Waals surface area (Å²) in [5, 5.41) is 1.01. The minimum Gasteiger partial charge on any atom is -0.382 e. The van der Waals surface area contributed by atoms with Crippen LogP contribution in [0.3, 0.4) is 0 Å². The lowest BCUT2D eigenvalue weighted by Crippen LogP contribution is -2.29. The van der Waals surface area contributed by atoms with Crippen molar-refractivity contribution in [3.8, 4) is 0 Å². The van der Waals surface area contributed by atoms with E-state index in [1.165, 1.54) is 10.6 Å². The standard InChI is InChI=1S/C18H23N5O2S/c1-13(2)23(26(3,24)25)11-7-6-10-22-12-20-16-17(22)14-8-4-5-9-15(14)21-18(16)19/h4-5,8-9,12H,1,6-7,10-11H2,2-3H3,(H2,19,21). The number of nitrogens with zero attached hydrogens (tertiary/aromatic N) is 4. The summed E-state index contributed by atoms with van der Waals surface area (Å²) in [7, 11) is -3.28. The number of aryl methyl sites for hydroxylation is 1. The third-order valence-corrected chi connectivity index (χ3v) is 5.61. The van der Waals surface area contributed by atoms with Gasteiger partial charge in [0.1, 0.15) is 5.52 Å². The number of sulfonamides is 1. The maximum absolute atomic E-state index is 11.8. The number of benzene rings is 1. The van der Waals surface area contributed by atoms with Gasteiger partial charge in [0.05, 0.1) is 23.6 Å². The Morgan fingerprint density at radius 1 is 1.31 bits per heavy atom. The Balaban J connectivity index is 1.79. The van der Waals surface area contributed by atoms with Gasteiger partial charge in [0.25, 0.3) is 0 Å². The van der Waals surface area contributed by atoms with E-state index in [1.54, 1.807) is 13.3 Å². The van der Waals surface area contributed by atoms with E-state index in [9.17, 15) is 8.42 Å². The molecule has 8 heteroatoms. The van der Waals surface area contributed by atoms with Crippen LogP contribution in [0.25, 0.3) is 21.9 Å². The molecule has 2 N–H and O–H groups in total. The molecule has 0 unspecified atom stereocenters. The number of aromatic nitrogens is 3. The Morgan fingerprint density at radius 2 is 2.04 bits per heavy atom. The summed E-state index contributed by atoms with van der Waals surface area (Å²) in [5.74, 6) is 0.419. The molecular formula is C18H23N5O2S. The molecule has 2 heterocycles. The molecule has 0 fully saturated rings. The first-order valence-corrected chi connectivity index (χ1v) is 10.3. The van der Waals surface area contributed by atoms with Crippen LogP contribution in [0, 0.1) is 0 Å². The minimum atomic E-state index is -3.28. The molecule has 0 saturated carbocycles. The van der Waals surface area contributed by atoms with Gasteiger partial charge >= 0.3 is 0 Å². The maximum Gasteiger partial charge on any atom is 0.231 e. The number of allylic oxidation sites excluding steroid dienone is 1. The second-order valence-corrected chi connectivity index (χ2v) is 8.33. The average molecular weight is 373 g/mol. The molecule has 2 aromatic heterocycles. The molecule has 0 saturated heterocycles. The zero-order valence-electron chi connectivity index (χ0n) is 15.0. The monoisotopic (exact) mass is 373 g/mol. The molecule has 3 aromatic rings. The van der Waals surface area contributed by atoms with Crippen LogP contribution in [0.15, 0.2) is 42.9 Å². The maximum atomic E-state index is 11.8. The van der Waals surface area contributed by atoms with Crippen molar-refractivity contribution in [1.29, 1.82) is 0 Å². The molecule has 3 rings (SSSR count). The van der Waals surface area contributed by atoms with Crippen molar-refractivity contribution in [2.75, 3.05) is 18.5 Å². The molecular weight excluding hydrogens is 350 g/mol. The number of hydrogen-bond donors (Lipinski definition) is 1. The van der Waals surface area contributed by atoms with Crippen molar-refractivity contribution in [1.82, 2.24) is 18.8 Å². The van der Waals surface area contributed by atoms with Gasteiger partial charge in [-0.25, -0.2) is 18.4 Å². The van der Waals surface area contributed by atoms with E-state index in [2.05, 4.69) is 21.1 Å². The van der Waals surface area contributed by atoms with Gasteiger partial charge in [-0.1, -0.05) is 24.8 Å². The topological polar surface area (TPSA) is 94.1 Å². The van der Waals surface area contributed by atoms with Crippen LogP contribution < -0.4 is 5.73 Å². The highest BCUT2D eigenvalue weighted by Gasteiger charge is 2.15. The van der Waals surface area contributed by atoms with Crippen LogP contribution in [0.2, 0.25) is 0 Å². The van der Waals surface area contributed by atoms with Crippen molar-refractivity contribution in [3.05, 3.63) is 42.9 Å². The van der Waals surface area contributed by atoms with Crippen molar-refractivity contribution in [2.45, 2.75) is 26.3 Å². The van der Waals surface area contributed by atoms with Gasteiger partial charge in [-0.05, 0) is 25.8 Å². The van der Waals surface area contributed by atoms with E-state index in [1.807, 2.05) is 24.3 Å². The lowest BCUT2D eigenvalue weighted by Gasteiger charge is -2.22. The molecule has 1 aromatic carbocycles. The van der Waals surface area contributed by atoms with Gasteiger partial charge in [-0.15, -0.1) is 0 Å². The second-order valence-electron chi connectivity index (χ2n) is 6.43. The first-order valence-electron chi connectivity index (χ1n) is 8.41. The predicted octanol–water partition coefficient (Wildman–Crippen LogP) is 2.74. The van der Waals surface area contributed by atoms with Crippen molar-refractivity contribution < 1.29 is 8.42 Å². The van der Waals surface area contributed by atoms with E-state index in [0.717, 1.165) is 35.8 Å². The lowest BCUT2D eigenvalue weighted by atomic mass is 10.2. The predicted molar refractivity (Wildman–Crippen MR) is 105 cm³/mol. The summed E-state index contributed by atoms with van der Waals surface area (Å²) in [4.78, 5) is 8.81. The number of nitrogen functional groups attached to an aromatic ring is 1. The zero-order valence-corrected chi connectivity index (χ0v) is 15.8. The number of nitrogens with two attached hydrogens (primary N) is 1. The van der Waals surface area contributed by atoms with Gasteiger partial charge in [-0.3, -0.25) is 4.31 Å². The van der Waals surface area contributed by atoms with Crippen LogP contribution >= 0.6 is 0 Å². The highest BCUT2D eigenvalue weighted by Crippen LogP contribution is 2.27. The Morgan fingerprint density at radius 3 is 2.73 bits per heavy atom. The fraction of sp³-hybridized carbons (Fsp3) is 0.333. The molecule has 0 radical (unpaired) electrons. The van der Waals surface area contributed by atoms with Crippen LogP contribution in [0.5, 0.6) is 0 Å². The first kappa shape index (κ1) is 18.2. The van der Waals surface area contributed by atoms with E-state index in [-0.39, 0.29) is 0 Å².